The van der Waals surface area contributed by atoms with Gasteiger partial charge in [0, 0.05) is 24.8 Å². The van der Waals surface area contributed by atoms with Crippen molar-refractivity contribution in [3.63, 3.8) is 0 Å². The Kier molecular flexibility index (Phi) is 4.28. The molecule has 0 aromatic carbocycles. The van der Waals surface area contributed by atoms with Crippen LogP contribution in [0.15, 0.2) is 11.1 Å². The SMILES string of the molecule is CC(C(=O)O)=C(C)C(=O)N(C)C1CCOC1C. The summed E-state index contributed by atoms with van der Waals surface area (Å²) in [6.07, 6.45) is 0.796. The second-order valence-electron chi connectivity index (χ2n) is 4.40. The van der Waals surface area contributed by atoms with Crippen molar-refractivity contribution in [2.75, 3.05) is 13.7 Å². The highest BCUT2D eigenvalue weighted by Crippen LogP contribution is 2.20. The highest BCUT2D eigenvalue weighted by atomic mass is 16.5. The summed E-state index contributed by atoms with van der Waals surface area (Å²) in [6, 6.07) is 0.0269. The van der Waals surface area contributed by atoms with E-state index in [1.54, 1.807) is 18.9 Å². The van der Waals surface area contributed by atoms with Gasteiger partial charge in [0.2, 0.25) is 5.91 Å². The Morgan fingerprint density at radius 3 is 2.29 bits per heavy atom. The molecule has 1 N–H and O–H groups in total. The Bertz CT molecular complexity index is 362. The van der Waals surface area contributed by atoms with Crippen molar-refractivity contribution < 1.29 is 19.4 Å². The van der Waals surface area contributed by atoms with E-state index in [-0.39, 0.29) is 29.2 Å². The molecule has 17 heavy (non-hydrogen) atoms. The quantitative estimate of drug-likeness (QED) is 0.750. The van der Waals surface area contributed by atoms with Gasteiger partial charge in [0.1, 0.15) is 0 Å². The number of rotatable bonds is 3. The third kappa shape index (κ3) is 2.85. The van der Waals surface area contributed by atoms with Gasteiger partial charge in [-0.3, -0.25) is 4.79 Å². The minimum absolute atomic E-state index is 0.00174. The van der Waals surface area contributed by atoms with E-state index in [4.69, 9.17) is 9.84 Å². The Labute approximate surface area is 101 Å². The van der Waals surface area contributed by atoms with Crippen LogP contribution in [0.4, 0.5) is 0 Å². The zero-order chi connectivity index (χ0) is 13.2. The number of carbonyl (C=O) groups is 2. The summed E-state index contributed by atoms with van der Waals surface area (Å²) in [5.74, 6) is -1.30. The van der Waals surface area contributed by atoms with Gasteiger partial charge in [0.25, 0.3) is 0 Å². The summed E-state index contributed by atoms with van der Waals surface area (Å²) < 4.78 is 5.40. The Balaban J connectivity index is 2.83. The first-order chi connectivity index (χ1) is 7.86. The van der Waals surface area contributed by atoms with Crippen LogP contribution in [0.25, 0.3) is 0 Å². The summed E-state index contributed by atoms with van der Waals surface area (Å²) in [7, 11) is 1.69. The van der Waals surface area contributed by atoms with Crippen molar-refractivity contribution in [3.8, 4) is 0 Å². The molecule has 0 radical (unpaired) electrons. The topological polar surface area (TPSA) is 66.8 Å². The molecule has 96 valence electrons. The maximum absolute atomic E-state index is 12.1. The third-order valence-corrected chi connectivity index (χ3v) is 3.36. The van der Waals surface area contributed by atoms with Gasteiger partial charge >= 0.3 is 5.97 Å². The molecule has 0 bridgehead atoms. The minimum Gasteiger partial charge on any atom is -0.478 e. The summed E-state index contributed by atoms with van der Waals surface area (Å²) in [6.45, 7) is 5.55. The van der Waals surface area contributed by atoms with E-state index in [2.05, 4.69) is 0 Å². The highest BCUT2D eigenvalue weighted by Gasteiger charge is 2.31. The second-order valence-corrected chi connectivity index (χ2v) is 4.40. The molecule has 0 aromatic rings. The van der Waals surface area contributed by atoms with Crippen LogP contribution < -0.4 is 0 Å². The Morgan fingerprint density at radius 1 is 1.29 bits per heavy atom. The number of aliphatic carboxylic acids is 1. The summed E-state index contributed by atoms with van der Waals surface area (Å²) >= 11 is 0. The van der Waals surface area contributed by atoms with E-state index in [1.165, 1.54) is 6.92 Å². The molecule has 1 aliphatic heterocycles. The first-order valence-electron chi connectivity index (χ1n) is 5.65. The van der Waals surface area contributed by atoms with Crippen molar-refractivity contribution in [1.29, 1.82) is 0 Å². The van der Waals surface area contributed by atoms with Gasteiger partial charge in [0.05, 0.1) is 12.1 Å². The smallest absolute Gasteiger partial charge is 0.331 e. The molecular formula is C12H19NO4. The van der Waals surface area contributed by atoms with E-state index in [9.17, 15) is 9.59 Å². The maximum Gasteiger partial charge on any atom is 0.331 e. The number of carbonyl (C=O) groups excluding carboxylic acids is 1. The average Bonchev–Trinajstić information content (AvgIpc) is 2.71. The average molecular weight is 241 g/mol. The summed E-state index contributed by atoms with van der Waals surface area (Å²) in [4.78, 5) is 24.5. The van der Waals surface area contributed by atoms with Crippen LogP contribution in [-0.4, -0.2) is 47.7 Å². The molecule has 0 saturated carbocycles. The van der Waals surface area contributed by atoms with E-state index >= 15 is 0 Å². The lowest BCUT2D eigenvalue weighted by molar-refractivity contribution is -0.134. The summed E-state index contributed by atoms with van der Waals surface area (Å²) in [5, 5.41) is 8.85. The Morgan fingerprint density at radius 2 is 1.88 bits per heavy atom. The fraction of sp³-hybridized carbons (Fsp3) is 0.667. The molecular weight excluding hydrogens is 222 g/mol. The number of carboxylic acids is 1. The van der Waals surface area contributed by atoms with E-state index in [0.29, 0.717) is 6.61 Å². The zero-order valence-electron chi connectivity index (χ0n) is 10.7. The van der Waals surface area contributed by atoms with Crippen LogP contribution in [0.1, 0.15) is 27.2 Å². The van der Waals surface area contributed by atoms with Crippen LogP contribution in [-0.2, 0) is 14.3 Å². The largest absolute Gasteiger partial charge is 0.478 e. The van der Waals surface area contributed by atoms with E-state index < -0.39 is 5.97 Å². The highest BCUT2D eigenvalue weighted by molar-refractivity contribution is 6.01. The first-order valence-corrected chi connectivity index (χ1v) is 5.65. The number of carboxylic acid groups (broad SMARTS) is 1. The van der Waals surface area contributed by atoms with Crippen molar-refractivity contribution in [3.05, 3.63) is 11.1 Å². The molecule has 1 heterocycles. The van der Waals surface area contributed by atoms with Gasteiger partial charge < -0.3 is 14.7 Å². The molecule has 1 rings (SSSR count). The third-order valence-electron chi connectivity index (χ3n) is 3.36. The van der Waals surface area contributed by atoms with E-state index in [0.717, 1.165) is 6.42 Å². The maximum atomic E-state index is 12.1. The number of nitrogens with zero attached hydrogens (tertiary/aromatic N) is 1. The second kappa shape index (κ2) is 5.31. The molecule has 5 heteroatoms. The molecule has 1 amide bonds. The molecule has 5 nitrogen and oxygen atoms in total. The first kappa shape index (κ1) is 13.7. The van der Waals surface area contributed by atoms with Gasteiger partial charge in [-0.2, -0.15) is 0 Å². The van der Waals surface area contributed by atoms with Crippen LogP contribution in [0.5, 0.6) is 0 Å². The molecule has 2 unspecified atom stereocenters. The van der Waals surface area contributed by atoms with E-state index in [1.807, 2.05) is 6.92 Å². The van der Waals surface area contributed by atoms with Gasteiger partial charge in [-0.25, -0.2) is 4.79 Å². The predicted molar refractivity (Wildman–Crippen MR) is 62.6 cm³/mol. The molecule has 1 saturated heterocycles. The van der Waals surface area contributed by atoms with Crippen molar-refractivity contribution >= 4 is 11.9 Å². The zero-order valence-corrected chi connectivity index (χ0v) is 10.7. The normalized spacial score (nSPS) is 25.4. The van der Waals surface area contributed by atoms with Crippen LogP contribution in [0, 0.1) is 0 Å². The van der Waals surface area contributed by atoms with Crippen LogP contribution >= 0.6 is 0 Å². The number of ether oxygens (including phenoxy) is 1. The van der Waals surface area contributed by atoms with Gasteiger partial charge in [-0.1, -0.05) is 0 Å². The molecule has 1 aliphatic rings. The minimum atomic E-state index is -1.06. The number of likely N-dealkylation sites (N-methyl/N-ethyl adjacent to an activating group) is 1. The van der Waals surface area contributed by atoms with Gasteiger partial charge in [0.15, 0.2) is 0 Å². The lowest BCUT2D eigenvalue weighted by atomic mass is 10.1. The molecule has 0 spiro atoms. The lowest BCUT2D eigenvalue weighted by Crippen LogP contribution is -2.41. The van der Waals surface area contributed by atoms with Gasteiger partial charge in [-0.15, -0.1) is 0 Å². The molecule has 0 aromatic heterocycles. The van der Waals surface area contributed by atoms with Crippen LogP contribution in [0.3, 0.4) is 0 Å². The monoisotopic (exact) mass is 241 g/mol. The fourth-order valence-electron chi connectivity index (χ4n) is 1.96. The fourth-order valence-corrected chi connectivity index (χ4v) is 1.96. The number of amides is 1. The van der Waals surface area contributed by atoms with Crippen molar-refractivity contribution in [2.45, 2.75) is 39.3 Å². The van der Waals surface area contributed by atoms with Crippen LogP contribution in [0.2, 0.25) is 0 Å². The molecule has 0 aliphatic carbocycles. The molecule has 2 atom stereocenters. The van der Waals surface area contributed by atoms with Gasteiger partial charge in [-0.05, 0) is 27.2 Å². The van der Waals surface area contributed by atoms with Crippen molar-refractivity contribution in [2.24, 2.45) is 0 Å². The standard InChI is InChI=1S/C12H19NO4/c1-7(8(2)12(15)16)11(14)13(4)10-5-6-17-9(10)3/h9-10H,5-6H2,1-4H3,(H,15,16). The summed E-state index contributed by atoms with van der Waals surface area (Å²) in [5.41, 5.74) is 0.368. The number of hydrogen-bond donors (Lipinski definition) is 1. The number of hydrogen-bond acceptors (Lipinski definition) is 3. The molecule has 1 fully saturated rings. The lowest BCUT2D eigenvalue weighted by Gasteiger charge is -2.27. The predicted octanol–water partition coefficient (Wildman–Crippen LogP) is 1.04. The Hall–Kier alpha value is -1.36. The van der Waals surface area contributed by atoms with Crippen molar-refractivity contribution in [1.82, 2.24) is 4.90 Å².